The second-order valence-electron chi connectivity index (χ2n) is 15.9. The van der Waals surface area contributed by atoms with Gasteiger partial charge in [0.05, 0.1) is 29.8 Å². The van der Waals surface area contributed by atoms with Crippen molar-refractivity contribution in [2.45, 2.75) is 76.9 Å². The van der Waals surface area contributed by atoms with Crippen LogP contribution in [-0.4, -0.2) is 73.4 Å². The van der Waals surface area contributed by atoms with Gasteiger partial charge < -0.3 is 30.6 Å². The molecule has 1 saturated carbocycles. The number of carbonyl (C=O) groups excluding carboxylic acids is 5. The summed E-state index contributed by atoms with van der Waals surface area (Å²) in [6.07, 6.45) is 8.79. The van der Waals surface area contributed by atoms with Gasteiger partial charge in [-0.3, -0.25) is 29.3 Å². The van der Waals surface area contributed by atoms with Crippen LogP contribution in [0, 0.1) is 29.6 Å². The number of carbonyl (C=O) groups is 5. The lowest BCUT2D eigenvalue weighted by Crippen LogP contribution is -2.42. The summed E-state index contributed by atoms with van der Waals surface area (Å²) in [5, 5.41) is 9.60. The van der Waals surface area contributed by atoms with Crippen LogP contribution in [-0.2, 0) is 16.0 Å². The zero-order valence-corrected chi connectivity index (χ0v) is 34.3. The Bertz CT molecular complexity index is 2380. The zero-order valence-electron chi connectivity index (χ0n) is 34.3. The van der Waals surface area contributed by atoms with Crippen molar-refractivity contribution in [2.24, 2.45) is 23.5 Å². The summed E-state index contributed by atoms with van der Waals surface area (Å²) in [4.78, 5) is 65.2. The smallest absolute Gasteiger partial charge is 0.299 e. The Morgan fingerprint density at radius 2 is 1.75 bits per heavy atom. The number of primary amides is 1. The van der Waals surface area contributed by atoms with Crippen molar-refractivity contribution < 1.29 is 42.6 Å². The number of fused-ring (bicyclic) bond motifs is 2. The van der Waals surface area contributed by atoms with Gasteiger partial charge in [0.1, 0.15) is 23.9 Å². The fourth-order valence-corrected chi connectivity index (χ4v) is 8.40. The van der Waals surface area contributed by atoms with E-state index in [1.54, 1.807) is 30.5 Å². The molecule has 3 aliphatic rings. The van der Waals surface area contributed by atoms with E-state index in [0.717, 1.165) is 64.5 Å². The number of unbranched alkanes of at least 4 members (excludes halogenated alkanes) is 2. The third-order valence-electron chi connectivity index (χ3n) is 11.9. The first-order valence-corrected chi connectivity index (χ1v) is 20.9. The number of halogens is 1. The van der Waals surface area contributed by atoms with Gasteiger partial charge in [-0.1, -0.05) is 43.4 Å². The van der Waals surface area contributed by atoms with Crippen LogP contribution >= 0.6 is 0 Å². The molecule has 1 saturated heterocycles. The van der Waals surface area contributed by atoms with Gasteiger partial charge in [-0.15, -0.1) is 0 Å². The summed E-state index contributed by atoms with van der Waals surface area (Å²) < 4.78 is 31.9. The van der Waals surface area contributed by atoms with Crippen LogP contribution in [0.1, 0.15) is 100 Å². The molecule has 0 radical (unpaired) electrons. The number of methoxy groups -OCH3 is 1. The Balaban J connectivity index is 0.848. The number of Topliss-reactive ketones (excluding diaryl/α,β-unsaturated/α-hetero) is 1. The third-order valence-corrected chi connectivity index (χ3v) is 11.9. The molecule has 0 bridgehead atoms. The number of hydrogen-bond donors (Lipinski definition) is 4. The van der Waals surface area contributed by atoms with Crippen molar-refractivity contribution in [3.8, 4) is 35.0 Å². The number of ether oxygens (including phenoxy) is 3. The van der Waals surface area contributed by atoms with Gasteiger partial charge in [0.15, 0.2) is 6.17 Å². The van der Waals surface area contributed by atoms with Crippen molar-refractivity contribution in [3.05, 3.63) is 88.6 Å². The first kappa shape index (κ1) is 42.8. The number of imide groups is 1. The highest BCUT2D eigenvalue weighted by molar-refractivity contribution is 6.49. The number of aromatic nitrogens is 1. The van der Waals surface area contributed by atoms with Crippen molar-refractivity contribution in [1.82, 2.24) is 20.9 Å². The van der Waals surface area contributed by atoms with E-state index in [9.17, 15) is 28.4 Å². The molecule has 61 heavy (non-hydrogen) atoms. The number of hydrogen-bond acceptors (Lipinski definition) is 10. The molecular formula is C47H50FN5O8. The first-order chi connectivity index (χ1) is 29.5. The Labute approximate surface area is 353 Å². The topological polar surface area (TPSA) is 188 Å². The predicted molar refractivity (Wildman–Crippen MR) is 225 cm³/mol. The van der Waals surface area contributed by atoms with Crippen LogP contribution in [0.3, 0.4) is 0 Å². The molecule has 5 N–H and O–H groups in total. The Morgan fingerprint density at radius 3 is 2.49 bits per heavy atom. The Kier molecular flexibility index (Phi) is 13.6. The largest absolute Gasteiger partial charge is 0.496 e. The molecule has 14 heteroatoms. The maximum atomic E-state index is 14.4. The first-order valence-electron chi connectivity index (χ1n) is 20.9. The van der Waals surface area contributed by atoms with E-state index in [0.29, 0.717) is 34.4 Å². The van der Waals surface area contributed by atoms with Gasteiger partial charge in [-0.2, -0.15) is 0 Å². The Hall–Kier alpha value is -6.33. The van der Waals surface area contributed by atoms with Crippen molar-refractivity contribution >= 4 is 40.2 Å². The minimum atomic E-state index is -1.58. The molecule has 3 heterocycles. The number of amides is 4. The molecule has 7 rings (SSSR count). The summed E-state index contributed by atoms with van der Waals surface area (Å²) in [5.41, 5.74) is 7.81. The molecule has 1 aromatic heterocycles. The second-order valence-corrected chi connectivity index (χ2v) is 15.9. The van der Waals surface area contributed by atoms with Gasteiger partial charge in [-0.25, -0.2) is 9.37 Å². The quantitative estimate of drug-likeness (QED) is 0.0452. The average Bonchev–Trinajstić information content (AvgIpc) is 3.54. The fraction of sp³-hybridized carbons (Fsp3) is 0.404. The molecule has 13 nitrogen and oxygen atoms in total. The number of pyridine rings is 1. The number of aryl methyl sites for hydroxylation is 1. The summed E-state index contributed by atoms with van der Waals surface area (Å²) in [7, 11) is 1.45. The van der Waals surface area contributed by atoms with E-state index in [4.69, 9.17) is 19.9 Å². The van der Waals surface area contributed by atoms with E-state index in [1.807, 2.05) is 31.2 Å². The molecule has 2 aliphatic heterocycles. The van der Waals surface area contributed by atoms with Gasteiger partial charge in [0.2, 0.25) is 5.88 Å². The second kappa shape index (κ2) is 19.4. The summed E-state index contributed by atoms with van der Waals surface area (Å²) in [6.45, 7) is 3.80. The molecule has 3 aromatic carbocycles. The SMILES string of the molecule is CC[C@@H]1[C@H](F)C(=O)N[C@@H]1COc1ncc(C#CC2CCC(CNCCCCCc3ccc(Oc4cccc5c4C(=O)NC(=O)C5=O)cc3)CC2)c2cc(C(N)=O)c(OC)cc12. The summed E-state index contributed by atoms with van der Waals surface area (Å²) >= 11 is 0. The summed E-state index contributed by atoms with van der Waals surface area (Å²) in [6, 6.07) is 15.1. The standard InChI is InChI=1S/C47H50FN5O8/c1-3-32-37(52-45(57)41(32)48)26-60-47-35-23-39(59-2)36(43(49)55)22-34(35)30(25-51-47)18-15-28-11-13-29(14-12-28)24-50-21-6-4-5-8-27-16-19-31(20-17-27)61-38-10-7-9-33-40(38)44(56)53-46(58)42(33)54/h7,9-10,16-17,19-20,22-23,25,28-29,32,37,41,50H,3-6,8,11-14,21,24,26H2,1-2H3,(H2,49,55)(H,52,57)(H,53,56,58)/t28?,29?,32-,37+,41-/m0/s1. The van der Waals surface area contributed by atoms with Gasteiger partial charge in [0, 0.05) is 34.4 Å². The van der Waals surface area contributed by atoms with E-state index in [-0.39, 0.29) is 46.6 Å². The number of rotatable bonds is 16. The van der Waals surface area contributed by atoms with Crippen molar-refractivity contribution in [1.29, 1.82) is 0 Å². The maximum Gasteiger partial charge on any atom is 0.299 e. The van der Waals surface area contributed by atoms with Crippen LogP contribution < -0.4 is 35.9 Å². The van der Waals surface area contributed by atoms with Crippen molar-refractivity contribution in [3.63, 3.8) is 0 Å². The number of nitrogens with one attached hydrogen (secondary N) is 3. The van der Waals surface area contributed by atoms with Gasteiger partial charge in [-0.05, 0) is 112 Å². The van der Waals surface area contributed by atoms with Gasteiger partial charge >= 0.3 is 0 Å². The predicted octanol–water partition coefficient (Wildman–Crippen LogP) is 5.99. The number of nitrogens with two attached hydrogens (primary N) is 1. The van der Waals surface area contributed by atoms with E-state index in [1.165, 1.54) is 18.7 Å². The number of ketones is 1. The lowest BCUT2D eigenvalue weighted by atomic mass is 9.82. The molecule has 4 amide bonds. The monoisotopic (exact) mass is 831 g/mol. The van der Waals surface area contributed by atoms with E-state index < -0.39 is 47.5 Å². The van der Waals surface area contributed by atoms with E-state index >= 15 is 0 Å². The lowest BCUT2D eigenvalue weighted by molar-refractivity contribution is -0.124. The van der Waals surface area contributed by atoms with Crippen LogP contribution in [0.2, 0.25) is 0 Å². The molecule has 0 spiro atoms. The fourth-order valence-electron chi connectivity index (χ4n) is 8.40. The molecular weight excluding hydrogens is 782 g/mol. The molecule has 4 aromatic rings. The minimum absolute atomic E-state index is 0.0323. The normalized spacial score (nSPS) is 20.9. The van der Waals surface area contributed by atoms with Crippen LogP contribution in [0.25, 0.3) is 10.8 Å². The maximum absolute atomic E-state index is 14.4. The highest BCUT2D eigenvalue weighted by atomic mass is 19.1. The Morgan fingerprint density at radius 1 is 0.967 bits per heavy atom. The van der Waals surface area contributed by atoms with Crippen LogP contribution in [0.4, 0.5) is 4.39 Å². The molecule has 1 aliphatic carbocycles. The number of nitrogens with zero attached hydrogens (tertiary/aromatic N) is 1. The van der Waals surface area contributed by atoms with Crippen LogP contribution in [0.15, 0.2) is 60.8 Å². The molecule has 318 valence electrons. The third kappa shape index (κ3) is 9.84. The minimum Gasteiger partial charge on any atom is -0.496 e. The molecule has 2 fully saturated rings. The van der Waals surface area contributed by atoms with Crippen LogP contribution in [0.5, 0.6) is 23.1 Å². The summed E-state index contributed by atoms with van der Waals surface area (Å²) in [5.74, 6) is 4.74. The van der Waals surface area contributed by atoms with Crippen molar-refractivity contribution in [2.75, 3.05) is 26.8 Å². The number of benzene rings is 3. The lowest BCUT2D eigenvalue weighted by Gasteiger charge is -2.25. The highest BCUT2D eigenvalue weighted by Gasteiger charge is 2.42. The average molecular weight is 832 g/mol. The molecule has 0 unspecified atom stereocenters. The zero-order chi connectivity index (χ0) is 43.0. The van der Waals surface area contributed by atoms with E-state index in [2.05, 4.69) is 32.8 Å². The molecule has 3 atom stereocenters. The number of alkyl halides is 1. The van der Waals surface area contributed by atoms with Gasteiger partial charge in [0.25, 0.3) is 29.4 Å². The highest BCUT2D eigenvalue weighted by Crippen LogP contribution is 2.35.